The SMILES string of the molecule is Cc1[n-]c2c(-c3nc4c(-c5[c-]c(-c6cc(C#N)c(-c7ccccc7)cn6)cc(C(C)(C)C)c5)cccc4n3-c3ccccc3-c3ccccc3)cccc2c1C.[Pt+2]. The Morgan fingerprint density at radius 3 is 2.04 bits per heavy atom. The van der Waals surface area contributed by atoms with Gasteiger partial charge in [-0.05, 0) is 41.0 Å². The summed E-state index contributed by atoms with van der Waals surface area (Å²) in [6, 6.07) is 54.2. The molecule has 3 heterocycles. The van der Waals surface area contributed by atoms with Gasteiger partial charge in [0.25, 0.3) is 0 Å². The van der Waals surface area contributed by atoms with Crippen molar-refractivity contribution in [2.24, 2.45) is 0 Å². The van der Waals surface area contributed by atoms with E-state index in [1.807, 2.05) is 42.5 Å². The third-order valence-electron chi connectivity index (χ3n) is 10.8. The standard InChI is InChI=1S/C51H39N5.Pt/c1-32-33(2)54-48-40(32)21-14-23-43(48)50-55-49-42(22-15-25-47(49)56(50)46-24-13-12-20-41(46)34-16-8-6-9-17-34)36-26-37(28-39(27-36)51(3,4)5)45-29-38(30-52)44(31-53-45)35-18-10-7-11-19-35;/h6-25,27-29,31H,1-5H3;/q-2;+2. The summed E-state index contributed by atoms with van der Waals surface area (Å²) in [5.41, 5.74) is 15.9. The second kappa shape index (κ2) is 15.0. The van der Waals surface area contributed by atoms with Crippen molar-refractivity contribution >= 4 is 21.9 Å². The molecule has 3 aromatic heterocycles. The summed E-state index contributed by atoms with van der Waals surface area (Å²) in [6.45, 7) is 10.9. The van der Waals surface area contributed by atoms with Gasteiger partial charge in [0.15, 0.2) is 0 Å². The summed E-state index contributed by atoms with van der Waals surface area (Å²) in [7, 11) is 0. The number of imidazole rings is 1. The van der Waals surface area contributed by atoms with E-state index < -0.39 is 0 Å². The van der Waals surface area contributed by atoms with Crippen LogP contribution in [0.1, 0.15) is 43.2 Å². The van der Waals surface area contributed by atoms with Crippen LogP contribution < -0.4 is 4.98 Å². The molecule has 0 atom stereocenters. The largest absolute Gasteiger partial charge is 2.00 e. The molecule has 0 N–H and O–H groups in total. The molecule has 0 aliphatic heterocycles. The topological polar surface area (TPSA) is 68.6 Å². The number of hydrogen-bond acceptors (Lipinski definition) is 3. The molecule has 9 rings (SSSR count). The zero-order chi connectivity index (χ0) is 38.6. The molecule has 6 heteroatoms. The summed E-state index contributed by atoms with van der Waals surface area (Å²) < 4.78 is 2.30. The summed E-state index contributed by atoms with van der Waals surface area (Å²) in [5, 5.41) is 11.4. The molecule has 0 spiro atoms. The van der Waals surface area contributed by atoms with Gasteiger partial charge < -0.3 is 4.98 Å². The van der Waals surface area contributed by atoms with E-state index in [1.165, 1.54) is 5.56 Å². The van der Waals surface area contributed by atoms with Crippen molar-refractivity contribution in [2.75, 3.05) is 0 Å². The number of hydrogen-bond donors (Lipinski definition) is 0. The minimum atomic E-state index is -0.178. The Morgan fingerprint density at radius 1 is 0.684 bits per heavy atom. The predicted molar refractivity (Wildman–Crippen MR) is 229 cm³/mol. The van der Waals surface area contributed by atoms with E-state index in [2.05, 4.69) is 148 Å². The number of nitrogens with zero attached hydrogens (tertiary/aromatic N) is 5. The van der Waals surface area contributed by atoms with Crippen LogP contribution >= 0.6 is 0 Å². The summed E-state index contributed by atoms with van der Waals surface area (Å²) in [4.78, 5) is 15.6. The molecule has 5 nitrogen and oxygen atoms in total. The molecule has 6 aromatic carbocycles. The molecule has 0 aliphatic rings. The maximum Gasteiger partial charge on any atom is 2.00 e. The van der Waals surface area contributed by atoms with E-state index in [9.17, 15) is 5.26 Å². The van der Waals surface area contributed by atoms with Gasteiger partial charge in [-0.2, -0.15) is 11.0 Å². The van der Waals surface area contributed by atoms with Crippen molar-refractivity contribution in [3.63, 3.8) is 0 Å². The van der Waals surface area contributed by atoms with Crippen LogP contribution in [-0.2, 0) is 26.5 Å². The van der Waals surface area contributed by atoms with E-state index in [0.29, 0.717) is 11.3 Å². The van der Waals surface area contributed by atoms with Gasteiger partial charge in [-0.25, -0.2) is 4.98 Å². The normalized spacial score (nSPS) is 11.4. The van der Waals surface area contributed by atoms with E-state index in [0.717, 1.165) is 89.2 Å². The van der Waals surface area contributed by atoms with Crippen LogP contribution in [-0.4, -0.2) is 14.5 Å². The zero-order valence-corrected chi connectivity index (χ0v) is 34.7. The fourth-order valence-corrected chi connectivity index (χ4v) is 7.69. The first-order valence-electron chi connectivity index (χ1n) is 18.9. The molecule has 0 saturated carbocycles. The molecule has 0 amide bonds. The Bertz CT molecular complexity index is 2980. The Balaban J connectivity index is 0.00000455. The maximum atomic E-state index is 10.3. The van der Waals surface area contributed by atoms with Crippen LogP contribution in [0.4, 0.5) is 0 Å². The fraction of sp³-hybridized carbons (Fsp3) is 0.118. The number of aryl methyl sites for hydroxylation is 2. The van der Waals surface area contributed by atoms with Gasteiger partial charge in [0, 0.05) is 28.6 Å². The zero-order valence-electron chi connectivity index (χ0n) is 32.4. The molecule has 278 valence electrons. The quantitative estimate of drug-likeness (QED) is 0.156. The number of nitriles is 1. The van der Waals surface area contributed by atoms with Gasteiger partial charge in [-0.3, -0.25) is 9.55 Å². The average Bonchev–Trinajstić information content (AvgIpc) is 3.77. The van der Waals surface area contributed by atoms with Crippen LogP contribution in [0.3, 0.4) is 0 Å². The number of benzene rings is 6. The maximum absolute atomic E-state index is 10.3. The Kier molecular flexibility index (Phi) is 9.86. The smallest absolute Gasteiger partial charge is 0.660 e. The molecule has 0 unspecified atom stereocenters. The van der Waals surface area contributed by atoms with Gasteiger partial charge in [0.1, 0.15) is 5.82 Å². The molecule has 0 bridgehead atoms. The molecule has 57 heavy (non-hydrogen) atoms. The van der Waals surface area contributed by atoms with Gasteiger partial charge in [0.05, 0.1) is 28.4 Å². The first-order valence-corrected chi connectivity index (χ1v) is 18.9. The summed E-state index contributed by atoms with van der Waals surface area (Å²) >= 11 is 0. The number of fused-ring (bicyclic) bond motifs is 2. The summed E-state index contributed by atoms with van der Waals surface area (Å²) in [5.74, 6) is 0.822. The van der Waals surface area contributed by atoms with Crippen LogP contribution in [0.5, 0.6) is 0 Å². The van der Waals surface area contributed by atoms with Crippen molar-refractivity contribution in [3.8, 4) is 67.8 Å². The van der Waals surface area contributed by atoms with Crippen molar-refractivity contribution in [2.45, 2.75) is 40.0 Å². The van der Waals surface area contributed by atoms with E-state index in [-0.39, 0.29) is 26.5 Å². The van der Waals surface area contributed by atoms with Gasteiger partial charge in [-0.15, -0.1) is 34.8 Å². The van der Waals surface area contributed by atoms with E-state index in [4.69, 9.17) is 15.0 Å². The van der Waals surface area contributed by atoms with Crippen LogP contribution in [0.25, 0.3) is 83.6 Å². The first-order chi connectivity index (χ1) is 27.2. The summed E-state index contributed by atoms with van der Waals surface area (Å²) in [6.07, 6.45) is 1.81. The number of pyridine rings is 1. The Hall–Kier alpha value is -6.34. The van der Waals surface area contributed by atoms with Crippen LogP contribution in [0.15, 0.2) is 146 Å². The van der Waals surface area contributed by atoms with E-state index >= 15 is 0 Å². The molecular weight excluding hydrogens is 878 g/mol. The second-order valence-corrected chi connectivity index (χ2v) is 15.4. The molecular formula is C51H39N5Pt. The molecule has 0 saturated heterocycles. The monoisotopic (exact) mass is 916 g/mol. The van der Waals surface area contributed by atoms with Gasteiger partial charge >= 0.3 is 21.1 Å². The van der Waals surface area contributed by atoms with Gasteiger partial charge in [0.2, 0.25) is 0 Å². The third-order valence-corrected chi connectivity index (χ3v) is 10.8. The van der Waals surface area contributed by atoms with Crippen molar-refractivity contribution in [1.82, 2.24) is 19.5 Å². The fourth-order valence-electron chi connectivity index (χ4n) is 7.69. The van der Waals surface area contributed by atoms with E-state index in [1.54, 1.807) is 6.20 Å². The number of para-hydroxylation sites is 3. The van der Waals surface area contributed by atoms with Crippen LogP contribution in [0, 0.1) is 31.2 Å². The number of aromatic nitrogens is 4. The van der Waals surface area contributed by atoms with Crippen molar-refractivity contribution in [3.05, 3.63) is 174 Å². The Labute approximate surface area is 348 Å². The van der Waals surface area contributed by atoms with Gasteiger partial charge in [-0.1, -0.05) is 160 Å². The van der Waals surface area contributed by atoms with Crippen molar-refractivity contribution in [1.29, 1.82) is 5.26 Å². The molecule has 0 aliphatic carbocycles. The predicted octanol–water partition coefficient (Wildman–Crippen LogP) is 12.4. The minimum absolute atomic E-state index is 0. The average molecular weight is 917 g/mol. The third kappa shape index (κ3) is 6.71. The first kappa shape index (κ1) is 37.6. The minimum Gasteiger partial charge on any atom is -0.660 e. The molecule has 0 radical (unpaired) electrons. The Morgan fingerprint density at radius 2 is 1.32 bits per heavy atom. The number of rotatable bonds is 6. The molecule has 0 fully saturated rings. The second-order valence-electron chi connectivity index (χ2n) is 15.4. The van der Waals surface area contributed by atoms with Crippen LogP contribution in [0.2, 0.25) is 0 Å². The van der Waals surface area contributed by atoms with Crippen molar-refractivity contribution < 1.29 is 21.1 Å². The molecule has 9 aromatic rings.